The standard InChI is InChI=1S/C20H17N5O/c1-13-6-7-21-11-17(13)15-10-16(19-22-8-9-25(19)12-15)20(26)24-18-5-3-4-14(2)23-18/h3-12H,1-2H3,(H,23,24,26). The Morgan fingerprint density at radius 1 is 1.15 bits per heavy atom. The number of hydrogen-bond acceptors (Lipinski definition) is 4. The second-order valence-corrected chi connectivity index (χ2v) is 6.11. The number of aryl methyl sites for hydroxylation is 2. The molecule has 0 atom stereocenters. The van der Waals surface area contributed by atoms with Crippen molar-refractivity contribution in [3.63, 3.8) is 0 Å². The zero-order valence-electron chi connectivity index (χ0n) is 14.5. The van der Waals surface area contributed by atoms with Crippen molar-refractivity contribution in [1.29, 1.82) is 0 Å². The fourth-order valence-corrected chi connectivity index (χ4v) is 2.91. The van der Waals surface area contributed by atoms with Gasteiger partial charge in [-0.3, -0.25) is 9.78 Å². The molecule has 0 fully saturated rings. The van der Waals surface area contributed by atoms with E-state index in [1.807, 2.05) is 54.9 Å². The van der Waals surface area contributed by atoms with Crippen molar-refractivity contribution in [2.45, 2.75) is 13.8 Å². The molecule has 4 rings (SSSR count). The van der Waals surface area contributed by atoms with Crippen LogP contribution in [0, 0.1) is 13.8 Å². The highest BCUT2D eigenvalue weighted by Crippen LogP contribution is 2.25. The van der Waals surface area contributed by atoms with E-state index in [2.05, 4.69) is 20.3 Å². The molecule has 1 amide bonds. The molecule has 0 aromatic carbocycles. The third kappa shape index (κ3) is 2.93. The van der Waals surface area contributed by atoms with Crippen LogP contribution in [-0.4, -0.2) is 25.3 Å². The zero-order valence-corrected chi connectivity index (χ0v) is 14.5. The monoisotopic (exact) mass is 343 g/mol. The Kier molecular flexibility index (Phi) is 3.93. The van der Waals surface area contributed by atoms with Crippen LogP contribution in [0.4, 0.5) is 5.82 Å². The van der Waals surface area contributed by atoms with E-state index in [1.165, 1.54) is 0 Å². The Morgan fingerprint density at radius 2 is 2.04 bits per heavy atom. The SMILES string of the molecule is Cc1cccc(NC(=O)c2cc(-c3cnccc3C)cn3ccnc23)n1. The molecule has 0 saturated heterocycles. The molecule has 0 aliphatic carbocycles. The summed E-state index contributed by atoms with van der Waals surface area (Å²) in [6.45, 7) is 3.90. The summed E-state index contributed by atoms with van der Waals surface area (Å²) in [5, 5.41) is 2.86. The topological polar surface area (TPSA) is 72.2 Å². The Labute approximate surface area is 150 Å². The van der Waals surface area contributed by atoms with Crippen molar-refractivity contribution >= 4 is 17.4 Å². The van der Waals surface area contributed by atoms with Crippen LogP contribution in [0.5, 0.6) is 0 Å². The summed E-state index contributed by atoms with van der Waals surface area (Å²) in [6.07, 6.45) is 9.01. The van der Waals surface area contributed by atoms with Gasteiger partial charge < -0.3 is 9.72 Å². The van der Waals surface area contributed by atoms with Crippen molar-refractivity contribution < 1.29 is 4.79 Å². The lowest BCUT2D eigenvalue weighted by molar-refractivity contribution is 0.102. The summed E-state index contributed by atoms with van der Waals surface area (Å²) in [4.78, 5) is 25.7. The number of nitrogens with one attached hydrogen (secondary N) is 1. The molecule has 6 nitrogen and oxygen atoms in total. The van der Waals surface area contributed by atoms with Gasteiger partial charge in [-0.15, -0.1) is 0 Å². The number of anilines is 1. The van der Waals surface area contributed by atoms with E-state index in [1.54, 1.807) is 24.7 Å². The zero-order chi connectivity index (χ0) is 18.1. The van der Waals surface area contributed by atoms with Crippen molar-refractivity contribution in [2.75, 3.05) is 5.32 Å². The first-order chi connectivity index (χ1) is 12.6. The summed E-state index contributed by atoms with van der Waals surface area (Å²) in [7, 11) is 0. The van der Waals surface area contributed by atoms with E-state index in [4.69, 9.17) is 0 Å². The van der Waals surface area contributed by atoms with E-state index in [0.717, 1.165) is 22.4 Å². The van der Waals surface area contributed by atoms with Gasteiger partial charge in [-0.1, -0.05) is 6.07 Å². The minimum atomic E-state index is -0.248. The Morgan fingerprint density at radius 3 is 2.85 bits per heavy atom. The molecule has 0 spiro atoms. The van der Waals surface area contributed by atoms with Crippen LogP contribution in [0.3, 0.4) is 0 Å². The van der Waals surface area contributed by atoms with Crippen LogP contribution in [0.2, 0.25) is 0 Å². The number of fused-ring (bicyclic) bond motifs is 1. The Balaban J connectivity index is 1.80. The van der Waals surface area contributed by atoms with Crippen molar-refractivity contribution in [1.82, 2.24) is 19.4 Å². The number of rotatable bonds is 3. The summed E-state index contributed by atoms with van der Waals surface area (Å²) in [5.41, 5.74) is 4.90. The maximum atomic E-state index is 12.9. The minimum absolute atomic E-state index is 0.248. The first-order valence-electron chi connectivity index (χ1n) is 8.24. The fourth-order valence-electron chi connectivity index (χ4n) is 2.91. The highest BCUT2D eigenvalue weighted by molar-refractivity contribution is 6.08. The molecule has 128 valence electrons. The molecule has 0 aliphatic heterocycles. The van der Waals surface area contributed by atoms with Crippen molar-refractivity contribution in [2.24, 2.45) is 0 Å². The molecule has 4 aromatic rings. The predicted octanol–water partition coefficient (Wildman–Crippen LogP) is 3.66. The number of carbonyl (C=O) groups is 1. The third-order valence-corrected chi connectivity index (χ3v) is 4.21. The lowest BCUT2D eigenvalue weighted by Crippen LogP contribution is -2.15. The number of hydrogen-bond donors (Lipinski definition) is 1. The first-order valence-corrected chi connectivity index (χ1v) is 8.24. The lowest BCUT2D eigenvalue weighted by atomic mass is 10.0. The van der Waals surface area contributed by atoms with E-state index in [9.17, 15) is 4.79 Å². The van der Waals surface area contributed by atoms with Gasteiger partial charge in [0.1, 0.15) is 11.5 Å². The average Bonchev–Trinajstić information content (AvgIpc) is 3.10. The van der Waals surface area contributed by atoms with Gasteiger partial charge in [-0.25, -0.2) is 9.97 Å². The number of carbonyl (C=O) groups excluding carboxylic acids is 1. The summed E-state index contributed by atoms with van der Waals surface area (Å²) >= 11 is 0. The molecular formula is C20H17N5O. The molecule has 6 heteroatoms. The maximum Gasteiger partial charge on any atom is 0.260 e. The van der Waals surface area contributed by atoms with Crippen LogP contribution < -0.4 is 5.32 Å². The van der Waals surface area contributed by atoms with E-state index in [-0.39, 0.29) is 5.91 Å². The summed E-state index contributed by atoms with van der Waals surface area (Å²) < 4.78 is 1.85. The molecular weight excluding hydrogens is 326 g/mol. The highest BCUT2D eigenvalue weighted by Gasteiger charge is 2.16. The fraction of sp³-hybridized carbons (Fsp3) is 0.100. The van der Waals surface area contributed by atoms with Gasteiger partial charge in [0.15, 0.2) is 0 Å². The first kappa shape index (κ1) is 16.0. The van der Waals surface area contributed by atoms with Crippen LogP contribution in [-0.2, 0) is 0 Å². The second-order valence-electron chi connectivity index (χ2n) is 6.11. The predicted molar refractivity (Wildman–Crippen MR) is 100 cm³/mol. The van der Waals surface area contributed by atoms with Crippen LogP contribution in [0.15, 0.2) is 61.3 Å². The molecule has 0 radical (unpaired) electrons. The van der Waals surface area contributed by atoms with E-state index in [0.29, 0.717) is 17.0 Å². The Hall–Kier alpha value is -3.54. The minimum Gasteiger partial charge on any atom is -0.306 e. The van der Waals surface area contributed by atoms with Crippen LogP contribution in [0.1, 0.15) is 21.6 Å². The van der Waals surface area contributed by atoms with Crippen molar-refractivity contribution in [3.8, 4) is 11.1 Å². The smallest absolute Gasteiger partial charge is 0.260 e. The van der Waals surface area contributed by atoms with Gasteiger partial charge in [0, 0.05) is 47.8 Å². The van der Waals surface area contributed by atoms with Crippen molar-refractivity contribution in [3.05, 3.63) is 78.1 Å². The van der Waals surface area contributed by atoms with Gasteiger partial charge in [0.2, 0.25) is 0 Å². The number of aromatic nitrogens is 4. The van der Waals surface area contributed by atoms with Gasteiger partial charge in [-0.05, 0) is 43.7 Å². The quantitative estimate of drug-likeness (QED) is 0.616. The van der Waals surface area contributed by atoms with E-state index >= 15 is 0 Å². The number of imidazole rings is 1. The molecule has 1 N–H and O–H groups in total. The second kappa shape index (κ2) is 6.40. The van der Waals surface area contributed by atoms with Gasteiger partial charge >= 0.3 is 0 Å². The normalized spacial score (nSPS) is 10.8. The van der Waals surface area contributed by atoms with Gasteiger partial charge in [0.05, 0.1) is 5.56 Å². The molecule has 0 bridgehead atoms. The average molecular weight is 343 g/mol. The molecule has 4 heterocycles. The Bertz CT molecular complexity index is 1120. The molecule has 0 unspecified atom stereocenters. The molecule has 0 aliphatic rings. The van der Waals surface area contributed by atoms with E-state index < -0.39 is 0 Å². The van der Waals surface area contributed by atoms with Crippen LogP contribution in [0.25, 0.3) is 16.8 Å². The third-order valence-electron chi connectivity index (χ3n) is 4.21. The number of amides is 1. The lowest BCUT2D eigenvalue weighted by Gasteiger charge is -2.10. The summed E-state index contributed by atoms with van der Waals surface area (Å²) in [6, 6.07) is 9.30. The maximum absolute atomic E-state index is 12.9. The van der Waals surface area contributed by atoms with Gasteiger partial charge in [-0.2, -0.15) is 0 Å². The molecule has 0 saturated carbocycles. The molecule has 4 aromatic heterocycles. The summed E-state index contributed by atoms with van der Waals surface area (Å²) in [5.74, 6) is 0.269. The number of nitrogens with zero attached hydrogens (tertiary/aromatic N) is 4. The van der Waals surface area contributed by atoms with Crippen LogP contribution >= 0.6 is 0 Å². The number of pyridine rings is 3. The highest BCUT2D eigenvalue weighted by atomic mass is 16.1. The largest absolute Gasteiger partial charge is 0.306 e. The van der Waals surface area contributed by atoms with Gasteiger partial charge in [0.25, 0.3) is 5.91 Å². The molecule has 26 heavy (non-hydrogen) atoms.